The number of rotatable bonds is 6. The lowest BCUT2D eigenvalue weighted by Crippen LogP contribution is -2.50. The van der Waals surface area contributed by atoms with Crippen molar-refractivity contribution in [1.82, 2.24) is 9.88 Å². The first-order valence-corrected chi connectivity index (χ1v) is 12.2. The molecule has 1 spiro atoms. The van der Waals surface area contributed by atoms with Gasteiger partial charge in [-0.2, -0.15) is 0 Å². The zero-order chi connectivity index (χ0) is 23.4. The molecule has 0 aromatic carbocycles. The van der Waals surface area contributed by atoms with Crippen LogP contribution in [-0.2, 0) is 9.53 Å². The summed E-state index contributed by atoms with van der Waals surface area (Å²) in [6.07, 6.45) is 7.60. The second-order valence-corrected chi connectivity index (χ2v) is 9.53. The molecule has 9 nitrogen and oxygen atoms in total. The zero-order valence-corrected chi connectivity index (χ0v) is 19.7. The number of aromatic nitrogens is 1. The van der Waals surface area contributed by atoms with Crippen LogP contribution in [0.15, 0.2) is 12.3 Å². The predicted molar refractivity (Wildman–Crippen MR) is 125 cm³/mol. The fourth-order valence-corrected chi connectivity index (χ4v) is 5.50. The number of nitrogens with zero attached hydrogens (tertiary/aromatic N) is 3. The van der Waals surface area contributed by atoms with E-state index in [1.54, 1.807) is 19.4 Å². The second-order valence-electron chi connectivity index (χ2n) is 9.53. The van der Waals surface area contributed by atoms with Gasteiger partial charge in [0.1, 0.15) is 0 Å². The maximum atomic E-state index is 13.6. The first-order valence-electron chi connectivity index (χ1n) is 12.2. The van der Waals surface area contributed by atoms with Crippen LogP contribution < -0.4 is 15.0 Å². The maximum Gasteiger partial charge on any atom is 0.411 e. The zero-order valence-electron chi connectivity index (χ0n) is 19.7. The molecule has 2 amide bonds. The van der Waals surface area contributed by atoms with Crippen molar-refractivity contribution in [2.45, 2.75) is 70.4 Å². The van der Waals surface area contributed by atoms with E-state index in [1.807, 2.05) is 6.92 Å². The van der Waals surface area contributed by atoms with Gasteiger partial charge in [-0.25, -0.2) is 9.78 Å². The molecule has 1 saturated carbocycles. The van der Waals surface area contributed by atoms with Crippen molar-refractivity contribution < 1.29 is 24.2 Å². The number of nitrogens with one attached hydrogen (secondary N) is 1. The molecule has 1 aromatic rings. The third kappa shape index (κ3) is 5.03. The van der Waals surface area contributed by atoms with Gasteiger partial charge in [-0.1, -0.05) is 6.92 Å². The van der Waals surface area contributed by atoms with Gasteiger partial charge in [0.05, 0.1) is 37.1 Å². The molecule has 182 valence electrons. The highest BCUT2D eigenvalue weighted by atomic mass is 16.5. The van der Waals surface area contributed by atoms with Crippen LogP contribution in [0.25, 0.3) is 0 Å². The van der Waals surface area contributed by atoms with E-state index in [0.29, 0.717) is 30.4 Å². The minimum atomic E-state index is -0.516. The molecular formula is C24H36N4O5. The summed E-state index contributed by atoms with van der Waals surface area (Å²) in [5.41, 5.74) is 0.119. The molecule has 2 N–H and O–H groups in total. The lowest BCUT2D eigenvalue weighted by atomic mass is 9.78. The highest BCUT2D eigenvalue weighted by Crippen LogP contribution is 2.44. The van der Waals surface area contributed by atoms with Crippen LogP contribution in [0, 0.1) is 5.41 Å². The number of hydrogen-bond acceptors (Lipinski definition) is 7. The second kappa shape index (κ2) is 10.2. The third-order valence-corrected chi connectivity index (χ3v) is 7.27. The van der Waals surface area contributed by atoms with Crippen molar-refractivity contribution in [3.63, 3.8) is 0 Å². The molecule has 0 bridgehead atoms. The minimum absolute atomic E-state index is 0.220. The highest BCUT2D eigenvalue weighted by Gasteiger charge is 2.51. The van der Waals surface area contributed by atoms with Crippen molar-refractivity contribution in [3.05, 3.63) is 12.3 Å². The van der Waals surface area contributed by atoms with Gasteiger partial charge in [-0.05, 0) is 51.4 Å². The van der Waals surface area contributed by atoms with Crippen LogP contribution in [-0.4, -0.2) is 72.5 Å². The molecule has 0 radical (unpaired) electrons. The molecule has 3 fully saturated rings. The van der Waals surface area contributed by atoms with Crippen LogP contribution in [0.5, 0.6) is 5.75 Å². The van der Waals surface area contributed by atoms with Gasteiger partial charge < -0.3 is 24.4 Å². The number of pyridine rings is 1. The average Bonchev–Trinajstić information content (AvgIpc) is 3.13. The maximum absolute atomic E-state index is 13.6. The molecule has 2 saturated heterocycles. The molecular weight excluding hydrogens is 424 g/mol. The molecule has 1 aliphatic carbocycles. The summed E-state index contributed by atoms with van der Waals surface area (Å²) < 4.78 is 10.7. The number of likely N-dealkylation sites (tertiary alicyclic amines) is 1. The van der Waals surface area contributed by atoms with Gasteiger partial charge >= 0.3 is 6.09 Å². The summed E-state index contributed by atoms with van der Waals surface area (Å²) in [4.78, 5) is 34.3. The predicted octanol–water partition coefficient (Wildman–Crippen LogP) is 3.17. The van der Waals surface area contributed by atoms with E-state index in [0.717, 1.165) is 64.5 Å². The first-order chi connectivity index (χ1) is 16.0. The van der Waals surface area contributed by atoms with E-state index in [4.69, 9.17) is 9.47 Å². The van der Waals surface area contributed by atoms with Gasteiger partial charge in [0.15, 0.2) is 11.6 Å². The van der Waals surface area contributed by atoms with Crippen molar-refractivity contribution in [2.24, 2.45) is 5.41 Å². The standard InChI is InChI=1S/C24H36N4O5/c1-3-13-33-23(31)26-17-14-20(32-2)21(25-15-17)27-11-4-9-24(16-27)10-12-28(22(24)30)18-5-7-19(29)8-6-18/h14-15,18-19,29H,3-13,16H2,1-2H3,(H,26,31). The lowest BCUT2D eigenvalue weighted by molar-refractivity contribution is -0.139. The van der Waals surface area contributed by atoms with E-state index < -0.39 is 6.09 Å². The number of carbonyl (C=O) groups is 2. The van der Waals surface area contributed by atoms with Crippen molar-refractivity contribution in [1.29, 1.82) is 0 Å². The first kappa shape index (κ1) is 23.6. The molecule has 2 aliphatic heterocycles. The lowest BCUT2D eigenvalue weighted by Gasteiger charge is -2.41. The molecule has 9 heteroatoms. The Bertz CT molecular complexity index is 857. The third-order valence-electron chi connectivity index (χ3n) is 7.27. The average molecular weight is 461 g/mol. The number of amides is 2. The largest absolute Gasteiger partial charge is 0.493 e. The number of anilines is 2. The minimum Gasteiger partial charge on any atom is -0.493 e. The van der Waals surface area contributed by atoms with Crippen LogP contribution in [0.4, 0.5) is 16.3 Å². The number of carbonyl (C=O) groups excluding carboxylic acids is 2. The van der Waals surface area contributed by atoms with Crippen LogP contribution in [0.3, 0.4) is 0 Å². The number of piperidine rings is 1. The Hall–Kier alpha value is -2.55. The normalized spacial score (nSPS) is 27.7. The Morgan fingerprint density at radius 1 is 1.27 bits per heavy atom. The van der Waals surface area contributed by atoms with Gasteiger partial charge in [-0.15, -0.1) is 0 Å². The number of hydrogen-bond donors (Lipinski definition) is 2. The van der Waals surface area contributed by atoms with E-state index in [1.165, 1.54) is 0 Å². The Morgan fingerprint density at radius 2 is 2.06 bits per heavy atom. The van der Waals surface area contributed by atoms with E-state index in [-0.39, 0.29) is 23.5 Å². The smallest absolute Gasteiger partial charge is 0.411 e. The van der Waals surface area contributed by atoms with Gasteiger partial charge in [0.2, 0.25) is 5.91 Å². The molecule has 3 aliphatic rings. The summed E-state index contributed by atoms with van der Waals surface area (Å²) in [6.45, 7) is 4.51. The van der Waals surface area contributed by atoms with Crippen LogP contribution >= 0.6 is 0 Å². The fraction of sp³-hybridized carbons (Fsp3) is 0.708. The van der Waals surface area contributed by atoms with Crippen molar-refractivity contribution in [2.75, 3.05) is 43.6 Å². The molecule has 1 aromatic heterocycles. The Labute approximate surface area is 195 Å². The number of methoxy groups -OCH3 is 1. The summed E-state index contributed by atoms with van der Waals surface area (Å²) in [6, 6.07) is 1.99. The van der Waals surface area contributed by atoms with E-state index in [2.05, 4.69) is 20.1 Å². The SMILES string of the molecule is CCCOC(=O)Nc1cnc(N2CCCC3(CCN(C4CCC(O)CC4)C3=O)C2)c(OC)c1. The van der Waals surface area contributed by atoms with Gasteiger partial charge in [0.25, 0.3) is 0 Å². The van der Waals surface area contributed by atoms with Gasteiger partial charge in [0, 0.05) is 31.7 Å². The van der Waals surface area contributed by atoms with Crippen molar-refractivity contribution >= 4 is 23.5 Å². The number of aliphatic hydroxyl groups is 1. The summed E-state index contributed by atoms with van der Waals surface area (Å²) in [7, 11) is 1.58. The Balaban J connectivity index is 1.46. The van der Waals surface area contributed by atoms with Crippen LogP contribution in [0.1, 0.15) is 58.3 Å². The van der Waals surface area contributed by atoms with Gasteiger partial charge in [-0.3, -0.25) is 10.1 Å². The number of ether oxygens (including phenoxy) is 2. The Kier molecular flexibility index (Phi) is 7.26. The number of aliphatic hydroxyl groups excluding tert-OH is 1. The topological polar surface area (TPSA) is 104 Å². The van der Waals surface area contributed by atoms with E-state index >= 15 is 0 Å². The van der Waals surface area contributed by atoms with E-state index in [9.17, 15) is 14.7 Å². The summed E-state index contributed by atoms with van der Waals surface area (Å²) in [5, 5.41) is 12.5. The fourth-order valence-electron chi connectivity index (χ4n) is 5.50. The molecule has 1 unspecified atom stereocenters. The molecule has 33 heavy (non-hydrogen) atoms. The van der Waals surface area contributed by atoms with Crippen LogP contribution in [0.2, 0.25) is 0 Å². The summed E-state index contributed by atoms with van der Waals surface area (Å²) in [5.74, 6) is 1.50. The van der Waals surface area contributed by atoms with Crippen molar-refractivity contribution in [3.8, 4) is 5.75 Å². The Morgan fingerprint density at radius 3 is 2.79 bits per heavy atom. The monoisotopic (exact) mass is 460 g/mol. The summed E-state index contributed by atoms with van der Waals surface area (Å²) >= 11 is 0. The molecule has 3 heterocycles. The molecule has 1 atom stereocenters. The highest BCUT2D eigenvalue weighted by molar-refractivity contribution is 5.87. The quantitative estimate of drug-likeness (QED) is 0.672. The molecule has 4 rings (SSSR count).